The van der Waals surface area contributed by atoms with Crippen LogP contribution in [-0.2, 0) is 24.1 Å². The van der Waals surface area contributed by atoms with Crippen molar-refractivity contribution in [3.05, 3.63) is 77.3 Å². The number of nitrogens with two attached hydrogens (primary N) is 3. The molecule has 1 heterocycles. The smallest absolute Gasteiger partial charge is 0.223 e. The molecule has 0 aliphatic carbocycles. The van der Waals surface area contributed by atoms with Crippen LogP contribution in [0, 0.1) is 12.8 Å². The van der Waals surface area contributed by atoms with E-state index in [4.69, 9.17) is 25.5 Å². The average molecular weight is 523 g/mol. The van der Waals surface area contributed by atoms with Crippen LogP contribution < -0.4 is 21.9 Å². The summed E-state index contributed by atoms with van der Waals surface area (Å²) in [6.07, 6.45) is 5.42. The number of rotatable bonds is 10. The van der Waals surface area contributed by atoms with Gasteiger partial charge in [0.05, 0.1) is 7.11 Å². The SMILES string of the molecule is C=C(Cc1ccc(OC)c(CC)c1)N=C(N)N.Cc1nc(-c2cccc(CCCC(C)C)c2)no1.NC=O. The summed E-state index contributed by atoms with van der Waals surface area (Å²) in [5.74, 6) is 3.00. The predicted molar refractivity (Wildman–Crippen MR) is 154 cm³/mol. The number of nitrogens with zero attached hydrogens (tertiary/aromatic N) is 3. The van der Waals surface area contributed by atoms with E-state index in [1.54, 1.807) is 7.11 Å². The number of carbonyl (C=O) groups excluding carboxylic acids is 1. The molecule has 0 unspecified atom stereocenters. The molecule has 9 heteroatoms. The van der Waals surface area contributed by atoms with Gasteiger partial charge in [-0.3, -0.25) is 4.79 Å². The van der Waals surface area contributed by atoms with Crippen LogP contribution in [0.3, 0.4) is 0 Å². The van der Waals surface area contributed by atoms with E-state index in [0.29, 0.717) is 23.8 Å². The molecule has 1 amide bonds. The molecule has 9 nitrogen and oxygen atoms in total. The number of hydrogen-bond donors (Lipinski definition) is 3. The van der Waals surface area contributed by atoms with Crippen LogP contribution in [0.4, 0.5) is 0 Å². The molecule has 0 saturated carbocycles. The Morgan fingerprint density at radius 1 is 1.18 bits per heavy atom. The maximum absolute atomic E-state index is 8.58. The van der Waals surface area contributed by atoms with Crippen molar-refractivity contribution < 1.29 is 14.1 Å². The largest absolute Gasteiger partial charge is 0.496 e. The van der Waals surface area contributed by atoms with Gasteiger partial charge in [0.25, 0.3) is 0 Å². The molecule has 0 aliphatic rings. The first-order valence-corrected chi connectivity index (χ1v) is 12.6. The van der Waals surface area contributed by atoms with E-state index in [2.05, 4.69) is 72.5 Å². The Morgan fingerprint density at radius 3 is 2.45 bits per heavy atom. The normalized spacial score (nSPS) is 9.95. The maximum Gasteiger partial charge on any atom is 0.223 e. The highest BCUT2D eigenvalue weighted by Crippen LogP contribution is 2.22. The summed E-state index contributed by atoms with van der Waals surface area (Å²) in [6, 6.07) is 14.4. The number of aromatic nitrogens is 2. The highest BCUT2D eigenvalue weighted by Gasteiger charge is 2.06. The molecule has 2 aromatic carbocycles. The molecule has 0 radical (unpaired) electrons. The molecule has 0 fully saturated rings. The van der Waals surface area contributed by atoms with Crippen molar-refractivity contribution in [3.8, 4) is 17.1 Å². The third-order valence-electron chi connectivity index (χ3n) is 5.38. The maximum atomic E-state index is 8.58. The summed E-state index contributed by atoms with van der Waals surface area (Å²) in [5.41, 5.74) is 20.1. The minimum absolute atomic E-state index is 0.0410. The second-order valence-electron chi connectivity index (χ2n) is 9.04. The molecule has 0 aliphatic heterocycles. The monoisotopic (exact) mass is 522 g/mol. The molecule has 0 spiro atoms. The number of guanidine groups is 1. The van der Waals surface area contributed by atoms with Crippen molar-refractivity contribution in [2.75, 3.05) is 7.11 Å². The van der Waals surface area contributed by atoms with E-state index in [0.717, 1.165) is 35.6 Å². The van der Waals surface area contributed by atoms with Crippen molar-refractivity contribution in [1.82, 2.24) is 10.1 Å². The molecule has 0 atom stereocenters. The lowest BCUT2D eigenvalue weighted by atomic mass is 10.0. The van der Waals surface area contributed by atoms with Gasteiger partial charge in [-0.2, -0.15) is 4.98 Å². The number of hydrogen-bond acceptors (Lipinski definition) is 6. The molecule has 3 rings (SSSR count). The Bertz CT molecular complexity index is 1170. The Hall–Kier alpha value is -4.14. The molecule has 1 aromatic heterocycles. The number of benzene rings is 2. The van der Waals surface area contributed by atoms with E-state index in [1.807, 2.05) is 25.1 Å². The fourth-order valence-electron chi connectivity index (χ4n) is 3.67. The summed E-state index contributed by atoms with van der Waals surface area (Å²) < 4.78 is 10.3. The molecule has 3 aromatic rings. The lowest BCUT2D eigenvalue weighted by molar-refractivity contribution is -0.106. The van der Waals surface area contributed by atoms with Crippen LogP contribution >= 0.6 is 0 Å². The quantitative estimate of drug-likeness (QED) is 0.198. The lowest BCUT2D eigenvalue weighted by Gasteiger charge is -2.09. The highest BCUT2D eigenvalue weighted by molar-refractivity contribution is 5.76. The first-order valence-electron chi connectivity index (χ1n) is 12.6. The lowest BCUT2D eigenvalue weighted by Crippen LogP contribution is -2.22. The van der Waals surface area contributed by atoms with E-state index in [-0.39, 0.29) is 12.4 Å². The number of ether oxygens (including phenoxy) is 1. The van der Waals surface area contributed by atoms with Crippen LogP contribution in [0.25, 0.3) is 11.4 Å². The van der Waals surface area contributed by atoms with Crippen LogP contribution in [0.15, 0.2) is 64.3 Å². The van der Waals surface area contributed by atoms with Gasteiger partial charge in [0.2, 0.25) is 18.1 Å². The Morgan fingerprint density at radius 2 is 1.89 bits per heavy atom. The van der Waals surface area contributed by atoms with Gasteiger partial charge in [-0.25, -0.2) is 4.99 Å². The number of methoxy groups -OCH3 is 1. The average Bonchev–Trinajstić information content (AvgIpc) is 3.30. The summed E-state index contributed by atoms with van der Waals surface area (Å²) in [4.78, 5) is 16.8. The van der Waals surface area contributed by atoms with Crippen LogP contribution in [-0.4, -0.2) is 29.6 Å². The Kier molecular flexibility index (Phi) is 14.6. The minimum atomic E-state index is 0.0410. The first-order chi connectivity index (χ1) is 18.1. The highest BCUT2D eigenvalue weighted by atomic mass is 16.5. The molecule has 0 bridgehead atoms. The molecule has 6 N–H and O–H groups in total. The molecule has 206 valence electrons. The zero-order valence-corrected chi connectivity index (χ0v) is 23.2. The van der Waals surface area contributed by atoms with E-state index in [1.165, 1.54) is 24.0 Å². The van der Waals surface area contributed by atoms with Gasteiger partial charge in [-0.1, -0.05) is 69.3 Å². The van der Waals surface area contributed by atoms with Crippen molar-refractivity contribution in [2.24, 2.45) is 28.1 Å². The number of amides is 1. The van der Waals surface area contributed by atoms with Gasteiger partial charge >= 0.3 is 0 Å². The number of aliphatic imine (C=N–C) groups is 1. The van der Waals surface area contributed by atoms with Gasteiger partial charge in [-0.15, -0.1) is 0 Å². The van der Waals surface area contributed by atoms with Gasteiger partial charge in [-0.05, 0) is 54.0 Å². The molecular weight excluding hydrogens is 480 g/mol. The van der Waals surface area contributed by atoms with Crippen molar-refractivity contribution >= 4 is 12.4 Å². The van der Waals surface area contributed by atoms with E-state index in [9.17, 15) is 0 Å². The van der Waals surface area contributed by atoms with Gasteiger partial charge in [0, 0.05) is 24.6 Å². The van der Waals surface area contributed by atoms with Crippen LogP contribution in [0.2, 0.25) is 0 Å². The van der Waals surface area contributed by atoms with Gasteiger partial charge < -0.3 is 26.5 Å². The number of carbonyl (C=O) groups is 1. The zero-order valence-electron chi connectivity index (χ0n) is 23.2. The topological polar surface area (TPSA) is 156 Å². The summed E-state index contributed by atoms with van der Waals surface area (Å²) in [7, 11) is 1.67. The standard InChI is InChI=1S/C15H20N2O.C13H19N3O.CH3NO/c1-11(2)6-4-7-13-8-5-9-14(10-13)15-16-12(3)18-17-15;1-4-11-8-10(5-6-12(11)17-3)7-9(2)16-13(14)15;2-1-3/h5,8-11H,4,6-7H2,1-3H3;5-6,8H,2,4,7H2,1,3H3,(H4,14,15,16);1H,(H2,2,3). The summed E-state index contributed by atoms with van der Waals surface area (Å²) in [6.45, 7) is 12.2. The molecule has 0 saturated heterocycles. The molecular formula is C29H42N6O3. The minimum Gasteiger partial charge on any atom is -0.496 e. The van der Waals surface area contributed by atoms with Crippen molar-refractivity contribution in [2.45, 2.75) is 59.8 Å². The fraction of sp³-hybridized carbons (Fsp3) is 0.379. The van der Waals surface area contributed by atoms with Gasteiger partial charge in [0.1, 0.15) is 5.75 Å². The summed E-state index contributed by atoms with van der Waals surface area (Å²) in [5, 5.41) is 3.95. The second kappa shape index (κ2) is 17.3. The van der Waals surface area contributed by atoms with Crippen molar-refractivity contribution in [1.29, 1.82) is 0 Å². The van der Waals surface area contributed by atoms with Crippen LogP contribution in [0.1, 0.15) is 56.2 Å². The predicted octanol–water partition coefficient (Wildman–Crippen LogP) is 4.71. The Labute approximate surface area is 226 Å². The van der Waals surface area contributed by atoms with E-state index < -0.39 is 0 Å². The number of primary amides is 1. The summed E-state index contributed by atoms with van der Waals surface area (Å²) >= 11 is 0. The van der Waals surface area contributed by atoms with Crippen molar-refractivity contribution in [3.63, 3.8) is 0 Å². The zero-order chi connectivity index (χ0) is 28.5. The van der Waals surface area contributed by atoms with Crippen LogP contribution in [0.5, 0.6) is 5.75 Å². The number of aryl methyl sites for hydroxylation is 3. The third kappa shape index (κ3) is 12.2. The molecule has 38 heavy (non-hydrogen) atoms. The Balaban J connectivity index is 0.000000345. The number of allylic oxidation sites excluding steroid dienone is 1. The first kappa shape index (κ1) is 31.9. The van der Waals surface area contributed by atoms with E-state index >= 15 is 0 Å². The fourth-order valence-corrected chi connectivity index (χ4v) is 3.67. The van der Waals surface area contributed by atoms with Gasteiger partial charge in [0.15, 0.2) is 5.96 Å². The second-order valence-corrected chi connectivity index (χ2v) is 9.04. The third-order valence-corrected chi connectivity index (χ3v) is 5.38.